The summed E-state index contributed by atoms with van der Waals surface area (Å²) in [7, 11) is -0.371. The molecule has 0 aliphatic rings. The van der Waals surface area contributed by atoms with Crippen LogP contribution >= 0.6 is 0 Å². The molecule has 1 rings (SSSR count). The van der Waals surface area contributed by atoms with Gasteiger partial charge in [-0.25, -0.2) is 0 Å². The van der Waals surface area contributed by atoms with Crippen LogP contribution < -0.4 is 0 Å². The maximum Gasteiger partial charge on any atom is 0.130 e. The van der Waals surface area contributed by atoms with Gasteiger partial charge in [0, 0.05) is 13.1 Å². The zero-order valence-electron chi connectivity index (χ0n) is 9.03. The van der Waals surface area contributed by atoms with Crippen molar-refractivity contribution in [2.75, 3.05) is 6.54 Å². The minimum atomic E-state index is -0.371. The molecule has 2 heteroatoms. The highest BCUT2D eigenvalue weighted by Gasteiger charge is 2.09. The van der Waals surface area contributed by atoms with Gasteiger partial charge in [-0.1, -0.05) is 49.5 Å². The molecule has 0 saturated heterocycles. The molecule has 0 amide bonds. The lowest BCUT2D eigenvalue weighted by atomic mass is 10.2. The van der Waals surface area contributed by atoms with Crippen LogP contribution in [-0.2, 0) is 6.54 Å². The second kappa shape index (κ2) is 5.78. The van der Waals surface area contributed by atoms with E-state index in [4.69, 9.17) is 0 Å². The molecule has 1 radical (unpaired) electrons. The highest BCUT2D eigenvalue weighted by atomic mass is 28.3. The van der Waals surface area contributed by atoms with Crippen LogP contribution in [0.25, 0.3) is 0 Å². The Hall–Kier alpha value is -0.863. The highest BCUT2D eigenvalue weighted by molar-refractivity contribution is 6.52. The Balaban J connectivity index is 2.60. The maximum absolute atomic E-state index is 3.80. The van der Waals surface area contributed by atoms with E-state index in [1.54, 1.807) is 0 Å². The van der Waals surface area contributed by atoms with Crippen LogP contribution in [-0.4, -0.2) is 20.1 Å². The van der Waals surface area contributed by atoms with Crippen LogP contribution in [0.4, 0.5) is 0 Å². The van der Waals surface area contributed by atoms with Gasteiger partial charge < -0.3 is 4.57 Å². The first-order valence-corrected chi connectivity index (χ1v) is 7.38. The quantitative estimate of drug-likeness (QED) is 0.526. The van der Waals surface area contributed by atoms with Crippen molar-refractivity contribution >= 4 is 8.96 Å². The lowest BCUT2D eigenvalue weighted by Gasteiger charge is -2.23. The molecule has 0 spiro atoms. The topological polar surface area (TPSA) is 3.24 Å². The summed E-state index contributed by atoms with van der Waals surface area (Å²) in [5.41, 5.74) is 1.39. The van der Waals surface area contributed by atoms with E-state index in [-0.39, 0.29) is 8.96 Å². The first-order valence-electron chi connectivity index (χ1n) is 4.94. The summed E-state index contributed by atoms with van der Waals surface area (Å²) in [5, 5.41) is 0. The van der Waals surface area contributed by atoms with Gasteiger partial charge in [0.2, 0.25) is 0 Å². The van der Waals surface area contributed by atoms with E-state index in [1.807, 2.05) is 6.08 Å². The third kappa shape index (κ3) is 3.48. The van der Waals surface area contributed by atoms with Gasteiger partial charge >= 0.3 is 0 Å². The first-order chi connectivity index (χ1) is 6.74. The first kappa shape index (κ1) is 11.2. The fraction of sp³-hybridized carbons (Fsp3) is 0.333. The molecule has 0 N–H and O–H groups in total. The molecule has 0 unspecified atom stereocenters. The number of benzene rings is 1. The van der Waals surface area contributed by atoms with Gasteiger partial charge in [-0.05, 0) is 5.56 Å². The molecule has 75 valence electrons. The standard InChI is InChI=1S/C12H18NSi/c1-4-10-13(14(2)3)11-12-8-6-5-7-9-12/h4-9H,1,10-11H2,2-3H3. The monoisotopic (exact) mass is 204 g/mol. The average molecular weight is 204 g/mol. The molecule has 0 aliphatic heterocycles. The molecule has 0 fully saturated rings. The molecular weight excluding hydrogens is 186 g/mol. The molecule has 1 nitrogen and oxygen atoms in total. The van der Waals surface area contributed by atoms with Gasteiger partial charge in [0.15, 0.2) is 0 Å². The van der Waals surface area contributed by atoms with Gasteiger partial charge in [-0.2, -0.15) is 0 Å². The van der Waals surface area contributed by atoms with Crippen LogP contribution in [0.2, 0.25) is 13.1 Å². The van der Waals surface area contributed by atoms with Crippen LogP contribution in [0.5, 0.6) is 0 Å². The van der Waals surface area contributed by atoms with E-state index in [2.05, 4.69) is 54.6 Å². The zero-order valence-corrected chi connectivity index (χ0v) is 10.0. The molecule has 0 aliphatic carbocycles. The van der Waals surface area contributed by atoms with Gasteiger partial charge in [0.1, 0.15) is 8.96 Å². The number of hydrogen-bond acceptors (Lipinski definition) is 1. The highest BCUT2D eigenvalue weighted by Crippen LogP contribution is 2.06. The van der Waals surface area contributed by atoms with E-state index in [0.717, 1.165) is 13.1 Å². The Morgan fingerprint density at radius 3 is 2.43 bits per heavy atom. The fourth-order valence-electron chi connectivity index (χ4n) is 1.36. The summed E-state index contributed by atoms with van der Waals surface area (Å²) in [6.07, 6.45) is 1.99. The fourth-order valence-corrected chi connectivity index (χ4v) is 2.36. The normalized spacial score (nSPS) is 10.9. The molecule has 1 aromatic carbocycles. The molecule has 1 aromatic rings. The van der Waals surface area contributed by atoms with Crippen molar-refractivity contribution in [3.05, 3.63) is 48.6 Å². The molecular formula is C12H18NSi. The average Bonchev–Trinajstić information content (AvgIpc) is 2.18. The van der Waals surface area contributed by atoms with Gasteiger partial charge in [0.25, 0.3) is 0 Å². The predicted molar refractivity (Wildman–Crippen MR) is 64.5 cm³/mol. The summed E-state index contributed by atoms with van der Waals surface area (Å²) in [6.45, 7) is 10.5. The van der Waals surface area contributed by atoms with Gasteiger partial charge in [-0.15, -0.1) is 6.58 Å². The predicted octanol–water partition coefficient (Wildman–Crippen LogP) is 2.93. The Morgan fingerprint density at radius 1 is 1.29 bits per heavy atom. The summed E-state index contributed by atoms with van der Waals surface area (Å²) < 4.78 is 2.49. The van der Waals surface area contributed by atoms with Crippen molar-refractivity contribution in [1.29, 1.82) is 0 Å². The summed E-state index contributed by atoms with van der Waals surface area (Å²) >= 11 is 0. The van der Waals surface area contributed by atoms with Crippen LogP contribution in [0.1, 0.15) is 5.56 Å². The smallest absolute Gasteiger partial charge is 0.130 e. The second-order valence-corrected chi connectivity index (χ2v) is 6.13. The third-order valence-electron chi connectivity index (χ3n) is 2.20. The Kier molecular flexibility index (Phi) is 4.63. The van der Waals surface area contributed by atoms with Crippen molar-refractivity contribution in [1.82, 2.24) is 4.57 Å². The summed E-state index contributed by atoms with van der Waals surface area (Å²) in [4.78, 5) is 0. The van der Waals surface area contributed by atoms with Crippen molar-refractivity contribution < 1.29 is 0 Å². The van der Waals surface area contributed by atoms with E-state index < -0.39 is 0 Å². The Bertz CT molecular complexity index is 269. The van der Waals surface area contributed by atoms with E-state index in [0.29, 0.717) is 0 Å². The van der Waals surface area contributed by atoms with Crippen molar-refractivity contribution in [2.24, 2.45) is 0 Å². The summed E-state index contributed by atoms with van der Waals surface area (Å²) in [6, 6.07) is 10.6. The zero-order chi connectivity index (χ0) is 10.4. The van der Waals surface area contributed by atoms with Crippen molar-refractivity contribution in [3.63, 3.8) is 0 Å². The molecule has 0 aromatic heterocycles. The third-order valence-corrected chi connectivity index (χ3v) is 3.80. The molecule has 14 heavy (non-hydrogen) atoms. The lowest BCUT2D eigenvalue weighted by Crippen LogP contribution is -2.33. The van der Waals surface area contributed by atoms with Gasteiger partial charge in [0.05, 0.1) is 0 Å². The van der Waals surface area contributed by atoms with Crippen LogP contribution in [0.3, 0.4) is 0 Å². The van der Waals surface area contributed by atoms with Crippen molar-refractivity contribution in [3.8, 4) is 0 Å². The van der Waals surface area contributed by atoms with Crippen LogP contribution in [0, 0.1) is 0 Å². The number of rotatable bonds is 5. The Labute approximate surface area is 88.7 Å². The van der Waals surface area contributed by atoms with Crippen molar-refractivity contribution in [2.45, 2.75) is 19.6 Å². The van der Waals surface area contributed by atoms with E-state index in [1.165, 1.54) is 5.56 Å². The second-order valence-electron chi connectivity index (χ2n) is 3.60. The summed E-state index contributed by atoms with van der Waals surface area (Å²) in [5.74, 6) is 0. The Morgan fingerprint density at radius 2 is 1.93 bits per heavy atom. The van der Waals surface area contributed by atoms with Crippen LogP contribution in [0.15, 0.2) is 43.0 Å². The lowest BCUT2D eigenvalue weighted by molar-refractivity contribution is 0.475. The maximum atomic E-state index is 3.80. The molecule has 0 atom stereocenters. The minimum absolute atomic E-state index is 0.371. The SMILES string of the molecule is C=CCN(Cc1ccccc1)[Si](C)C. The van der Waals surface area contributed by atoms with E-state index in [9.17, 15) is 0 Å². The molecule has 0 bridgehead atoms. The largest absolute Gasteiger partial charge is 0.317 e. The minimum Gasteiger partial charge on any atom is -0.317 e. The van der Waals surface area contributed by atoms with Gasteiger partial charge in [-0.3, -0.25) is 0 Å². The molecule has 0 heterocycles. The number of hydrogen-bond donors (Lipinski definition) is 0. The number of nitrogens with zero attached hydrogens (tertiary/aromatic N) is 1. The molecule has 0 saturated carbocycles. The van der Waals surface area contributed by atoms with E-state index >= 15 is 0 Å².